The molecule has 3 aliphatic rings. The van der Waals surface area contributed by atoms with Crippen molar-refractivity contribution in [3.63, 3.8) is 0 Å². The highest BCUT2D eigenvalue weighted by Crippen LogP contribution is 2.29. The zero-order valence-electron chi connectivity index (χ0n) is 16.5. The van der Waals surface area contributed by atoms with Crippen molar-refractivity contribution in [1.29, 1.82) is 0 Å². The van der Waals surface area contributed by atoms with Crippen molar-refractivity contribution in [3.05, 3.63) is 30.1 Å². The van der Waals surface area contributed by atoms with Gasteiger partial charge >= 0.3 is 0 Å². The summed E-state index contributed by atoms with van der Waals surface area (Å²) in [5.41, 5.74) is 1.07. The van der Waals surface area contributed by atoms with Crippen LogP contribution in [0, 0.1) is 5.92 Å². The first-order valence-electron chi connectivity index (χ1n) is 10.9. The minimum absolute atomic E-state index is 0.142. The highest BCUT2D eigenvalue weighted by Gasteiger charge is 2.33. The van der Waals surface area contributed by atoms with E-state index < -0.39 is 0 Å². The van der Waals surface area contributed by atoms with E-state index in [0.717, 1.165) is 31.0 Å². The molecule has 1 aromatic rings. The number of likely N-dealkylation sites (tertiary alicyclic amines) is 2. The zero-order valence-corrected chi connectivity index (χ0v) is 16.5. The highest BCUT2D eigenvalue weighted by atomic mass is 16.1. The number of nitrogens with zero attached hydrogens (tertiary/aromatic N) is 3. The Labute approximate surface area is 163 Å². The summed E-state index contributed by atoms with van der Waals surface area (Å²) in [5, 5.41) is 3.12. The fourth-order valence-electron chi connectivity index (χ4n) is 5.27. The van der Waals surface area contributed by atoms with Gasteiger partial charge in [-0.2, -0.15) is 0 Å². The van der Waals surface area contributed by atoms with Crippen molar-refractivity contribution >= 4 is 5.91 Å². The lowest BCUT2D eigenvalue weighted by Crippen LogP contribution is -2.51. The zero-order chi connectivity index (χ0) is 18.5. The van der Waals surface area contributed by atoms with Crippen molar-refractivity contribution in [2.24, 2.45) is 5.92 Å². The third kappa shape index (κ3) is 4.88. The van der Waals surface area contributed by atoms with Crippen LogP contribution >= 0.6 is 0 Å². The van der Waals surface area contributed by atoms with Gasteiger partial charge in [0.2, 0.25) is 5.91 Å². The molecule has 1 N–H and O–H groups in total. The molecule has 1 amide bonds. The van der Waals surface area contributed by atoms with Crippen molar-refractivity contribution in [2.45, 2.75) is 70.0 Å². The summed E-state index contributed by atoms with van der Waals surface area (Å²) in [5.74, 6) is 0.357. The van der Waals surface area contributed by atoms with Crippen LogP contribution in [0.3, 0.4) is 0 Å². The molecule has 1 saturated carbocycles. The lowest BCUT2D eigenvalue weighted by molar-refractivity contribution is -0.127. The van der Waals surface area contributed by atoms with E-state index in [4.69, 9.17) is 0 Å². The molecule has 0 bridgehead atoms. The monoisotopic (exact) mass is 370 g/mol. The maximum absolute atomic E-state index is 12.7. The maximum atomic E-state index is 12.7. The predicted molar refractivity (Wildman–Crippen MR) is 107 cm³/mol. The first-order chi connectivity index (χ1) is 13.3. The molecule has 0 unspecified atom stereocenters. The van der Waals surface area contributed by atoms with Gasteiger partial charge in [-0.15, -0.1) is 0 Å². The predicted octanol–water partition coefficient (Wildman–Crippen LogP) is 2.82. The lowest BCUT2D eigenvalue weighted by Gasteiger charge is -2.43. The molecular formula is C22H34N4O. The van der Waals surface area contributed by atoms with Crippen molar-refractivity contribution in [2.75, 3.05) is 26.2 Å². The van der Waals surface area contributed by atoms with E-state index in [1.54, 1.807) is 6.20 Å². The van der Waals surface area contributed by atoms with Gasteiger partial charge in [0.25, 0.3) is 0 Å². The fraction of sp³-hybridized carbons (Fsp3) is 0.727. The Bertz CT molecular complexity index is 594. The second kappa shape index (κ2) is 9.16. The molecule has 0 aromatic carbocycles. The third-order valence-electron chi connectivity index (χ3n) is 6.87. The molecule has 3 heterocycles. The summed E-state index contributed by atoms with van der Waals surface area (Å²) in [6.07, 6.45) is 14.0. The summed E-state index contributed by atoms with van der Waals surface area (Å²) in [6, 6.07) is 5.47. The molecule has 0 radical (unpaired) electrons. The van der Waals surface area contributed by atoms with E-state index in [2.05, 4.69) is 20.1 Å². The van der Waals surface area contributed by atoms with Crippen LogP contribution in [0.15, 0.2) is 24.5 Å². The topological polar surface area (TPSA) is 48.5 Å². The largest absolute Gasteiger partial charge is 0.352 e. The van der Waals surface area contributed by atoms with Gasteiger partial charge in [-0.1, -0.05) is 18.9 Å². The summed E-state index contributed by atoms with van der Waals surface area (Å²) in [7, 11) is 0. The number of pyridine rings is 1. The van der Waals surface area contributed by atoms with Crippen LogP contribution in [0.25, 0.3) is 0 Å². The molecule has 0 spiro atoms. The average molecular weight is 371 g/mol. The van der Waals surface area contributed by atoms with Crippen molar-refractivity contribution < 1.29 is 4.79 Å². The summed E-state index contributed by atoms with van der Waals surface area (Å²) < 4.78 is 0. The Kier molecular flexibility index (Phi) is 6.40. The van der Waals surface area contributed by atoms with Crippen LogP contribution in [0.2, 0.25) is 0 Å². The van der Waals surface area contributed by atoms with Gasteiger partial charge in [-0.05, 0) is 69.8 Å². The average Bonchev–Trinajstić information content (AvgIpc) is 3.28. The summed E-state index contributed by atoms with van der Waals surface area (Å²) in [4.78, 5) is 22.1. The van der Waals surface area contributed by atoms with Crippen LogP contribution in [-0.4, -0.2) is 59.0 Å². The molecule has 148 valence electrons. The molecule has 1 atom stereocenters. The van der Waals surface area contributed by atoms with E-state index in [0.29, 0.717) is 12.6 Å². The SMILES string of the molecule is O=C(NCc1cccnc1)[C@H]1CCCN(C2CCN(C3CCCC3)CC2)C1. The maximum Gasteiger partial charge on any atom is 0.224 e. The van der Waals surface area contributed by atoms with Crippen molar-refractivity contribution in [1.82, 2.24) is 20.1 Å². The minimum atomic E-state index is 0.142. The normalized spacial score (nSPS) is 26.3. The summed E-state index contributed by atoms with van der Waals surface area (Å²) in [6.45, 7) is 5.20. The first-order valence-corrected chi connectivity index (χ1v) is 10.9. The highest BCUT2D eigenvalue weighted by molar-refractivity contribution is 5.78. The molecule has 5 nitrogen and oxygen atoms in total. The molecule has 5 heteroatoms. The fourth-order valence-corrected chi connectivity index (χ4v) is 5.27. The molecule has 2 saturated heterocycles. The quantitative estimate of drug-likeness (QED) is 0.866. The smallest absolute Gasteiger partial charge is 0.224 e. The second-order valence-corrected chi connectivity index (χ2v) is 8.62. The Balaban J connectivity index is 1.23. The standard InChI is InChI=1S/C22H34N4O/c27-22(24-16-18-5-3-11-23-15-18)19-6-4-12-26(17-19)21-9-13-25(14-10-21)20-7-1-2-8-20/h3,5,11,15,19-21H,1-2,4,6-10,12-14,16-17H2,(H,24,27)/t19-/m0/s1. The van der Waals surface area contributed by atoms with Gasteiger partial charge in [0.05, 0.1) is 5.92 Å². The summed E-state index contributed by atoms with van der Waals surface area (Å²) >= 11 is 0. The van der Waals surface area contributed by atoms with E-state index in [9.17, 15) is 4.79 Å². The van der Waals surface area contributed by atoms with E-state index >= 15 is 0 Å². The van der Waals surface area contributed by atoms with Gasteiger partial charge < -0.3 is 10.2 Å². The Morgan fingerprint density at radius 2 is 1.78 bits per heavy atom. The molecule has 27 heavy (non-hydrogen) atoms. The van der Waals surface area contributed by atoms with Crippen LogP contribution in [0.4, 0.5) is 0 Å². The molecule has 2 aliphatic heterocycles. The number of nitrogens with one attached hydrogen (secondary N) is 1. The number of carbonyl (C=O) groups is 1. The van der Waals surface area contributed by atoms with E-state index in [-0.39, 0.29) is 11.8 Å². The Morgan fingerprint density at radius 1 is 1.00 bits per heavy atom. The van der Waals surface area contributed by atoms with Crippen molar-refractivity contribution in [3.8, 4) is 0 Å². The van der Waals surface area contributed by atoms with Crippen LogP contribution < -0.4 is 5.32 Å². The van der Waals surface area contributed by atoms with Gasteiger partial charge in [-0.25, -0.2) is 0 Å². The molecule has 3 fully saturated rings. The Morgan fingerprint density at radius 3 is 2.52 bits per heavy atom. The van der Waals surface area contributed by atoms with E-state index in [1.165, 1.54) is 58.2 Å². The number of aromatic nitrogens is 1. The van der Waals surface area contributed by atoms with E-state index in [1.807, 2.05) is 18.3 Å². The molecular weight excluding hydrogens is 336 g/mol. The van der Waals surface area contributed by atoms with Gasteiger partial charge in [0, 0.05) is 37.6 Å². The van der Waals surface area contributed by atoms with Crippen LogP contribution in [0.1, 0.15) is 56.9 Å². The second-order valence-electron chi connectivity index (χ2n) is 8.62. The molecule has 1 aliphatic carbocycles. The molecule has 1 aromatic heterocycles. The number of piperidine rings is 2. The lowest BCUT2D eigenvalue weighted by atomic mass is 9.93. The van der Waals surface area contributed by atoms with Crippen LogP contribution in [-0.2, 0) is 11.3 Å². The number of hydrogen-bond donors (Lipinski definition) is 1. The Hall–Kier alpha value is -1.46. The van der Waals surface area contributed by atoms with Gasteiger partial charge in [0.1, 0.15) is 0 Å². The number of rotatable bonds is 5. The molecule has 4 rings (SSSR count). The first kappa shape index (κ1) is 18.9. The third-order valence-corrected chi connectivity index (χ3v) is 6.87. The number of hydrogen-bond acceptors (Lipinski definition) is 4. The van der Waals surface area contributed by atoms with Gasteiger partial charge in [-0.3, -0.25) is 14.7 Å². The van der Waals surface area contributed by atoms with Gasteiger partial charge in [0.15, 0.2) is 0 Å². The number of carbonyl (C=O) groups excluding carboxylic acids is 1. The van der Waals surface area contributed by atoms with Crippen LogP contribution in [0.5, 0.6) is 0 Å². The minimum Gasteiger partial charge on any atom is -0.352 e. The number of amides is 1.